The van der Waals surface area contributed by atoms with Crippen LogP contribution in [0.5, 0.6) is 0 Å². The molecule has 19 rings (SSSR count). The van der Waals surface area contributed by atoms with Crippen LogP contribution in [0.2, 0.25) is 0 Å². The van der Waals surface area contributed by atoms with Gasteiger partial charge in [-0.1, -0.05) is 295 Å². The van der Waals surface area contributed by atoms with Gasteiger partial charge in [0.2, 0.25) is 0 Å². The highest BCUT2D eigenvalue weighted by Gasteiger charge is 2.43. The fraction of sp³-hybridized carbons (Fsp3) is 0.0625. The predicted octanol–water partition coefficient (Wildman–Crippen LogP) is 26.8. The Morgan fingerprint density at radius 1 is 0.194 bits per heavy atom. The Morgan fingerprint density at radius 3 is 1.13 bits per heavy atom. The van der Waals surface area contributed by atoms with Crippen molar-refractivity contribution in [3.05, 3.63) is 374 Å². The summed E-state index contributed by atoms with van der Waals surface area (Å²) in [6.07, 6.45) is 0. The quantitative estimate of drug-likeness (QED) is 0.105. The Bertz CT molecular complexity index is 5820. The van der Waals surface area contributed by atoms with Gasteiger partial charge in [0, 0.05) is 44.7 Å². The number of hydrogen-bond donors (Lipinski definition) is 0. The van der Waals surface area contributed by atoms with E-state index in [4.69, 9.17) is 0 Å². The lowest BCUT2D eigenvalue weighted by Crippen LogP contribution is -2.18. The maximum Gasteiger partial charge on any atom is 0.0543 e. The van der Waals surface area contributed by atoms with Gasteiger partial charge >= 0.3 is 0 Å². The van der Waals surface area contributed by atoms with Crippen LogP contribution in [0.1, 0.15) is 49.9 Å². The van der Waals surface area contributed by atoms with Crippen molar-refractivity contribution in [1.29, 1.82) is 0 Å². The molecule has 0 saturated carbocycles. The van der Waals surface area contributed by atoms with Crippen molar-refractivity contribution < 1.29 is 0 Å². The van der Waals surface area contributed by atoms with E-state index in [1.807, 2.05) is 0 Å². The van der Waals surface area contributed by atoms with Gasteiger partial charge in [0.25, 0.3) is 0 Å². The number of nitrogens with zero attached hydrogens (tertiary/aromatic N) is 2. The van der Waals surface area contributed by atoms with Crippen LogP contribution in [-0.2, 0) is 10.8 Å². The normalized spacial score (nSPS) is 13.1. The molecule has 0 aromatic heterocycles. The minimum absolute atomic E-state index is 0.186. The first-order valence-corrected chi connectivity index (χ1v) is 34.3. The van der Waals surface area contributed by atoms with Crippen LogP contribution in [0.25, 0.3) is 120 Å². The maximum atomic E-state index is 2.54. The molecule has 0 fully saturated rings. The van der Waals surface area contributed by atoms with E-state index in [0.29, 0.717) is 0 Å². The SMILES string of the molecule is CC1(C)c2cc(N(c3ccccc3)c3ccccc3)ccc2-c2cc3c(cc21)-c1c(cc(N(c2ccccc2)c2ccccc2)c2ccccc12)C3(C)C.c1ccc(-c2c3ccccc3c(-c3cccc4c3ccc3c(-c5ccccc5)c5ccccc5cc34)c3ccccc23)cc1. The Morgan fingerprint density at radius 2 is 0.582 bits per heavy atom. The molecule has 0 saturated heterocycles. The lowest BCUT2D eigenvalue weighted by atomic mass is 9.79. The second kappa shape index (κ2) is 23.4. The molecule has 17 aromatic rings. The van der Waals surface area contributed by atoms with Crippen molar-refractivity contribution >= 4 is 98.8 Å². The van der Waals surface area contributed by atoms with E-state index in [1.165, 1.54) is 154 Å². The van der Waals surface area contributed by atoms with E-state index >= 15 is 0 Å². The highest BCUT2D eigenvalue weighted by molar-refractivity contribution is 6.27. The number of anilines is 6. The van der Waals surface area contributed by atoms with Gasteiger partial charge in [-0.15, -0.1) is 0 Å². The molecule has 464 valence electrons. The average molecular weight is 1250 g/mol. The molecule has 0 radical (unpaired) electrons. The summed E-state index contributed by atoms with van der Waals surface area (Å²) in [5.74, 6) is 0. The molecule has 0 unspecified atom stereocenters. The second-order valence-corrected chi connectivity index (χ2v) is 27.4. The molecular weight excluding hydrogens is 1180 g/mol. The molecule has 2 nitrogen and oxygen atoms in total. The first-order chi connectivity index (χ1) is 48.2. The third-order valence-electron chi connectivity index (χ3n) is 21.2. The standard InChI is InChI=1S/C52H42N2.C44H28/c1-51(2)45-31-39(53(35-19-9-5-10-20-35)36-21-11-6-12-22-36)29-30-40(45)43-32-47-44(33-46(43)51)50-42-28-18-17-27-41(42)49(34-48(50)52(47,3)4)54(37-23-13-7-14-24-37)38-25-15-8-16-26-38;1-3-14-29(15-4-1)42-32-19-8-7-18-31(32)28-41-33-24-13-25-35(34(33)26-27-40(41)42)44-38-22-11-9-20-36(38)43(30-16-5-2-6-17-30)37-21-10-12-23-39(37)44/h5-34H,1-4H3;1-28H. The van der Waals surface area contributed by atoms with Gasteiger partial charge in [0.1, 0.15) is 0 Å². The zero-order chi connectivity index (χ0) is 65.6. The van der Waals surface area contributed by atoms with Gasteiger partial charge in [-0.3, -0.25) is 0 Å². The van der Waals surface area contributed by atoms with Crippen LogP contribution in [0.15, 0.2) is 352 Å². The van der Waals surface area contributed by atoms with Crippen LogP contribution >= 0.6 is 0 Å². The molecule has 0 spiro atoms. The van der Waals surface area contributed by atoms with Gasteiger partial charge in [0.05, 0.1) is 5.69 Å². The summed E-state index contributed by atoms with van der Waals surface area (Å²) in [5, 5.41) is 15.3. The Labute approximate surface area is 573 Å². The third-order valence-corrected chi connectivity index (χ3v) is 21.2. The number of rotatable bonds is 9. The summed E-state index contributed by atoms with van der Waals surface area (Å²) in [6, 6.07) is 129. The summed E-state index contributed by atoms with van der Waals surface area (Å²) in [7, 11) is 0. The van der Waals surface area contributed by atoms with Crippen molar-refractivity contribution in [2.24, 2.45) is 0 Å². The number of benzene rings is 17. The summed E-state index contributed by atoms with van der Waals surface area (Å²) < 4.78 is 0. The smallest absolute Gasteiger partial charge is 0.0543 e. The molecule has 2 heteroatoms. The Kier molecular flexibility index (Phi) is 13.9. The average Bonchev–Trinajstić information content (AvgIpc) is 1.50. The van der Waals surface area contributed by atoms with Crippen LogP contribution < -0.4 is 9.80 Å². The Hall–Kier alpha value is -12.1. The topological polar surface area (TPSA) is 6.48 Å². The lowest BCUT2D eigenvalue weighted by Gasteiger charge is -2.29. The maximum absolute atomic E-state index is 2.54. The zero-order valence-electron chi connectivity index (χ0n) is 55.4. The van der Waals surface area contributed by atoms with E-state index < -0.39 is 0 Å². The molecule has 0 atom stereocenters. The first kappa shape index (κ1) is 58.5. The van der Waals surface area contributed by atoms with E-state index in [0.717, 1.165) is 22.7 Å². The monoisotopic (exact) mass is 1250 g/mol. The number of para-hydroxylation sites is 4. The van der Waals surface area contributed by atoms with E-state index in [-0.39, 0.29) is 10.8 Å². The molecule has 2 aliphatic carbocycles. The van der Waals surface area contributed by atoms with Gasteiger partial charge < -0.3 is 9.80 Å². The van der Waals surface area contributed by atoms with Crippen molar-refractivity contribution in [2.45, 2.75) is 38.5 Å². The van der Waals surface area contributed by atoms with E-state index in [1.54, 1.807) is 0 Å². The third kappa shape index (κ3) is 9.38. The largest absolute Gasteiger partial charge is 0.310 e. The second-order valence-electron chi connectivity index (χ2n) is 27.4. The molecule has 2 aliphatic rings. The molecule has 0 bridgehead atoms. The summed E-state index contributed by atoms with van der Waals surface area (Å²) in [5.41, 5.74) is 25.2. The molecule has 0 N–H and O–H groups in total. The molecule has 98 heavy (non-hydrogen) atoms. The zero-order valence-corrected chi connectivity index (χ0v) is 55.4. The first-order valence-electron chi connectivity index (χ1n) is 34.3. The van der Waals surface area contributed by atoms with Crippen LogP contribution in [0.3, 0.4) is 0 Å². The van der Waals surface area contributed by atoms with E-state index in [2.05, 4.69) is 389 Å². The van der Waals surface area contributed by atoms with Crippen molar-refractivity contribution in [3.63, 3.8) is 0 Å². The van der Waals surface area contributed by atoms with Crippen LogP contribution in [-0.4, -0.2) is 0 Å². The van der Waals surface area contributed by atoms with Crippen molar-refractivity contribution in [3.8, 4) is 55.6 Å². The minimum atomic E-state index is -0.207. The highest BCUT2D eigenvalue weighted by Crippen LogP contribution is 2.60. The minimum Gasteiger partial charge on any atom is -0.310 e. The fourth-order valence-electron chi connectivity index (χ4n) is 16.7. The van der Waals surface area contributed by atoms with Crippen LogP contribution in [0.4, 0.5) is 34.1 Å². The lowest BCUT2D eigenvalue weighted by molar-refractivity contribution is 0.652. The summed E-state index contributed by atoms with van der Waals surface area (Å²) in [4.78, 5) is 4.80. The molecule has 0 amide bonds. The summed E-state index contributed by atoms with van der Waals surface area (Å²) >= 11 is 0. The Balaban J connectivity index is 0.000000145. The van der Waals surface area contributed by atoms with Crippen molar-refractivity contribution in [1.82, 2.24) is 0 Å². The van der Waals surface area contributed by atoms with Gasteiger partial charge in [0.15, 0.2) is 0 Å². The number of hydrogen-bond acceptors (Lipinski definition) is 2. The molecule has 0 heterocycles. The number of fused-ring (bicyclic) bond motifs is 14. The fourth-order valence-corrected chi connectivity index (χ4v) is 16.7. The molecular formula is C96H70N2. The van der Waals surface area contributed by atoms with Gasteiger partial charge in [-0.2, -0.15) is 0 Å². The van der Waals surface area contributed by atoms with E-state index in [9.17, 15) is 0 Å². The van der Waals surface area contributed by atoms with Gasteiger partial charge in [-0.05, 0) is 222 Å². The highest BCUT2D eigenvalue weighted by atomic mass is 15.1. The van der Waals surface area contributed by atoms with Crippen molar-refractivity contribution in [2.75, 3.05) is 9.80 Å². The predicted molar refractivity (Wildman–Crippen MR) is 419 cm³/mol. The van der Waals surface area contributed by atoms with Crippen LogP contribution in [0, 0.1) is 0 Å². The van der Waals surface area contributed by atoms with Gasteiger partial charge in [-0.25, -0.2) is 0 Å². The summed E-state index contributed by atoms with van der Waals surface area (Å²) in [6.45, 7) is 9.64. The molecule has 0 aliphatic heterocycles. The molecule has 17 aromatic carbocycles.